The standard InChI is InChI=1S/C11H4Cl2F3N3O/c12-7-3-8(19-11(13)17-7)18-10(20)9-5(15)1-4(14)2-6(9)16/h1-3H,(H,17,18,19,20). The van der Waals surface area contributed by atoms with Crippen LogP contribution in [-0.2, 0) is 0 Å². The Kier molecular flexibility index (Phi) is 4.10. The van der Waals surface area contributed by atoms with Crippen LogP contribution in [0.4, 0.5) is 19.0 Å². The van der Waals surface area contributed by atoms with Gasteiger partial charge in [0.05, 0.1) is 0 Å². The highest BCUT2D eigenvalue weighted by Gasteiger charge is 2.19. The number of aromatic nitrogens is 2. The normalized spacial score (nSPS) is 10.4. The van der Waals surface area contributed by atoms with Gasteiger partial charge < -0.3 is 5.32 Å². The van der Waals surface area contributed by atoms with Gasteiger partial charge in [-0.05, 0) is 11.6 Å². The highest BCUT2D eigenvalue weighted by atomic mass is 35.5. The molecule has 0 bridgehead atoms. The van der Waals surface area contributed by atoms with Crippen LogP contribution in [-0.4, -0.2) is 15.9 Å². The van der Waals surface area contributed by atoms with E-state index in [4.69, 9.17) is 23.2 Å². The molecule has 0 saturated heterocycles. The van der Waals surface area contributed by atoms with Crippen molar-refractivity contribution in [1.29, 1.82) is 0 Å². The van der Waals surface area contributed by atoms with E-state index >= 15 is 0 Å². The molecule has 20 heavy (non-hydrogen) atoms. The molecule has 0 saturated carbocycles. The Bertz CT molecular complexity index is 653. The molecule has 1 aromatic heterocycles. The lowest BCUT2D eigenvalue weighted by Gasteiger charge is -2.07. The number of halogens is 5. The van der Waals surface area contributed by atoms with Crippen LogP contribution in [0.2, 0.25) is 10.4 Å². The van der Waals surface area contributed by atoms with Crippen molar-refractivity contribution in [2.45, 2.75) is 0 Å². The molecule has 0 fully saturated rings. The third-order valence-corrected chi connectivity index (χ3v) is 2.51. The first-order valence-electron chi connectivity index (χ1n) is 5.03. The number of hydrogen-bond donors (Lipinski definition) is 1. The minimum atomic E-state index is -1.34. The molecule has 1 N–H and O–H groups in total. The van der Waals surface area contributed by atoms with Crippen molar-refractivity contribution in [3.63, 3.8) is 0 Å². The lowest BCUT2D eigenvalue weighted by molar-refractivity contribution is 0.101. The van der Waals surface area contributed by atoms with E-state index in [1.165, 1.54) is 0 Å². The zero-order valence-corrected chi connectivity index (χ0v) is 10.9. The van der Waals surface area contributed by atoms with Crippen LogP contribution in [0.15, 0.2) is 18.2 Å². The number of rotatable bonds is 2. The molecule has 1 heterocycles. The molecule has 2 rings (SSSR count). The number of nitrogens with one attached hydrogen (secondary N) is 1. The maximum Gasteiger partial charge on any atom is 0.262 e. The van der Waals surface area contributed by atoms with E-state index in [0.717, 1.165) is 6.07 Å². The molecule has 2 aromatic rings. The van der Waals surface area contributed by atoms with Gasteiger partial charge in [-0.1, -0.05) is 11.6 Å². The van der Waals surface area contributed by atoms with E-state index in [9.17, 15) is 18.0 Å². The first-order valence-corrected chi connectivity index (χ1v) is 5.78. The Morgan fingerprint density at radius 3 is 2.20 bits per heavy atom. The Morgan fingerprint density at radius 1 is 1.05 bits per heavy atom. The summed E-state index contributed by atoms with van der Waals surface area (Å²) in [6, 6.07) is 1.90. The Morgan fingerprint density at radius 2 is 1.65 bits per heavy atom. The van der Waals surface area contributed by atoms with Crippen molar-refractivity contribution >= 4 is 34.9 Å². The summed E-state index contributed by atoms with van der Waals surface area (Å²) in [6.45, 7) is 0. The van der Waals surface area contributed by atoms with Crippen molar-refractivity contribution in [3.05, 3.63) is 51.7 Å². The summed E-state index contributed by atoms with van der Waals surface area (Å²) in [7, 11) is 0. The predicted molar refractivity (Wildman–Crippen MR) is 66.3 cm³/mol. The van der Waals surface area contributed by atoms with Gasteiger partial charge in [0.2, 0.25) is 5.28 Å². The van der Waals surface area contributed by atoms with Crippen LogP contribution in [0.5, 0.6) is 0 Å². The topological polar surface area (TPSA) is 54.9 Å². The molecular formula is C11H4Cl2F3N3O. The Labute approximate surface area is 120 Å². The molecule has 104 valence electrons. The first kappa shape index (κ1) is 14.5. The van der Waals surface area contributed by atoms with Gasteiger partial charge in [0.15, 0.2) is 0 Å². The molecule has 1 amide bonds. The predicted octanol–water partition coefficient (Wildman–Crippen LogP) is 3.45. The molecule has 0 radical (unpaired) electrons. The van der Waals surface area contributed by atoms with Crippen LogP contribution in [0.25, 0.3) is 0 Å². The number of hydrogen-bond acceptors (Lipinski definition) is 3. The minimum Gasteiger partial charge on any atom is -0.306 e. The fraction of sp³-hybridized carbons (Fsp3) is 0. The number of anilines is 1. The van der Waals surface area contributed by atoms with Gasteiger partial charge in [-0.25, -0.2) is 23.1 Å². The third-order valence-electron chi connectivity index (χ3n) is 2.14. The fourth-order valence-electron chi connectivity index (χ4n) is 1.39. The highest BCUT2D eigenvalue weighted by molar-refractivity contribution is 6.32. The monoisotopic (exact) mass is 321 g/mol. The maximum absolute atomic E-state index is 13.4. The van der Waals surface area contributed by atoms with Crippen molar-refractivity contribution in [3.8, 4) is 0 Å². The third kappa shape index (κ3) is 3.17. The van der Waals surface area contributed by atoms with Gasteiger partial charge in [0, 0.05) is 18.2 Å². The molecule has 0 unspecified atom stereocenters. The lowest BCUT2D eigenvalue weighted by atomic mass is 10.2. The first-order chi connectivity index (χ1) is 9.36. The molecule has 0 aliphatic heterocycles. The van der Waals surface area contributed by atoms with Gasteiger partial charge in [-0.3, -0.25) is 4.79 Å². The number of carbonyl (C=O) groups excluding carboxylic acids is 1. The van der Waals surface area contributed by atoms with Gasteiger partial charge >= 0.3 is 0 Å². The van der Waals surface area contributed by atoms with Crippen molar-refractivity contribution in [1.82, 2.24) is 9.97 Å². The minimum absolute atomic E-state index is 0.0691. The van der Waals surface area contributed by atoms with Gasteiger partial charge in [-0.15, -0.1) is 0 Å². The fourth-order valence-corrected chi connectivity index (χ4v) is 1.80. The van der Waals surface area contributed by atoms with Crippen LogP contribution in [0.3, 0.4) is 0 Å². The summed E-state index contributed by atoms with van der Waals surface area (Å²) in [5.74, 6) is -5.13. The van der Waals surface area contributed by atoms with E-state index in [1.54, 1.807) is 0 Å². The summed E-state index contributed by atoms with van der Waals surface area (Å²) >= 11 is 11.1. The van der Waals surface area contributed by atoms with E-state index < -0.39 is 28.9 Å². The highest BCUT2D eigenvalue weighted by Crippen LogP contribution is 2.18. The summed E-state index contributed by atoms with van der Waals surface area (Å²) in [5, 5.41) is 1.75. The largest absolute Gasteiger partial charge is 0.306 e. The zero-order chi connectivity index (χ0) is 14.9. The average molecular weight is 322 g/mol. The maximum atomic E-state index is 13.4. The second kappa shape index (κ2) is 5.64. The summed E-state index contributed by atoms with van der Waals surface area (Å²) < 4.78 is 39.5. The van der Waals surface area contributed by atoms with Gasteiger partial charge in [0.25, 0.3) is 5.91 Å². The Hall–Kier alpha value is -1.86. The average Bonchev–Trinajstić information content (AvgIpc) is 2.25. The zero-order valence-electron chi connectivity index (χ0n) is 9.42. The quantitative estimate of drug-likeness (QED) is 0.680. The van der Waals surface area contributed by atoms with Crippen molar-refractivity contribution in [2.24, 2.45) is 0 Å². The second-order valence-electron chi connectivity index (χ2n) is 3.54. The molecule has 0 aliphatic carbocycles. The number of carbonyl (C=O) groups is 1. The van der Waals surface area contributed by atoms with Crippen LogP contribution < -0.4 is 5.32 Å². The molecule has 0 aliphatic rings. The van der Waals surface area contributed by atoms with Crippen molar-refractivity contribution in [2.75, 3.05) is 5.32 Å². The van der Waals surface area contributed by atoms with Crippen LogP contribution in [0.1, 0.15) is 10.4 Å². The van der Waals surface area contributed by atoms with Gasteiger partial charge in [0.1, 0.15) is 34.0 Å². The summed E-state index contributed by atoms with van der Waals surface area (Å²) in [5.41, 5.74) is -0.947. The van der Waals surface area contributed by atoms with Crippen LogP contribution >= 0.6 is 23.2 Å². The smallest absolute Gasteiger partial charge is 0.262 e. The summed E-state index contributed by atoms with van der Waals surface area (Å²) in [6.07, 6.45) is 0. The number of amides is 1. The van der Waals surface area contributed by atoms with E-state index in [1.807, 2.05) is 0 Å². The van der Waals surface area contributed by atoms with Crippen molar-refractivity contribution < 1.29 is 18.0 Å². The lowest BCUT2D eigenvalue weighted by Crippen LogP contribution is -2.17. The molecule has 9 heteroatoms. The van der Waals surface area contributed by atoms with E-state index in [2.05, 4.69) is 15.3 Å². The molecule has 0 spiro atoms. The molecule has 1 aromatic carbocycles. The number of benzene rings is 1. The Balaban J connectivity index is 2.33. The number of nitrogens with zero attached hydrogens (tertiary/aromatic N) is 2. The molecular weight excluding hydrogens is 318 g/mol. The van der Waals surface area contributed by atoms with Crippen LogP contribution in [0, 0.1) is 17.5 Å². The van der Waals surface area contributed by atoms with E-state index in [0.29, 0.717) is 12.1 Å². The SMILES string of the molecule is O=C(Nc1cc(Cl)nc(Cl)n1)c1c(F)cc(F)cc1F. The van der Waals surface area contributed by atoms with Gasteiger partial charge in [-0.2, -0.15) is 0 Å². The van der Waals surface area contributed by atoms with E-state index in [-0.39, 0.29) is 16.3 Å². The molecule has 4 nitrogen and oxygen atoms in total. The second-order valence-corrected chi connectivity index (χ2v) is 4.27. The molecule has 0 atom stereocenters. The summed E-state index contributed by atoms with van der Waals surface area (Å²) in [4.78, 5) is 18.9.